The van der Waals surface area contributed by atoms with Crippen molar-refractivity contribution >= 4 is 41.5 Å². The molecule has 4 saturated heterocycles. The van der Waals surface area contributed by atoms with Crippen LogP contribution >= 0.6 is 12.6 Å². The fraction of sp³-hybridized carbons (Fsp3) is 0.680. The number of aromatic nitrogens is 1. The van der Waals surface area contributed by atoms with Crippen molar-refractivity contribution in [3.8, 4) is 0 Å². The van der Waals surface area contributed by atoms with E-state index in [-0.39, 0.29) is 12.6 Å². The van der Waals surface area contributed by atoms with Crippen LogP contribution in [-0.4, -0.2) is 115 Å². The Bertz CT molecular complexity index is 958. The molecule has 0 radical (unpaired) electrons. The molecule has 11 nitrogen and oxygen atoms in total. The second kappa shape index (κ2) is 11.8. The van der Waals surface area contributed by atoms with Gasteiger partial charge in [-0.25, -0.2) is 14.6 Å². The van der Waals surface area contributed by atoms with Crippen LogP contribution in [0.3, 0.4) is 0 Å². The number of cyclic esters (lactones) is 1. The Morgan fingerprint density at radius 2 is 1.68 bits per heavy atom. The van der Waals surface area contributed by atoms with Crippen LogP contribution in [0.25, 0.3) is 0 Å². The predicted molar refractivity (Wildman–Crippen MR) is 143 cm³/mol. The first kappa shape index (κ1) is 25.9. The number of urea groups is 1. The number of hydrogen-bond donors (Lipinski definition) is 2. The monoisotopic (exact) mass is 531 g/mol. The van der Waals surface area contributed by atoms with Crippen LogP contribution in [0.4, 0.5) is 25.9 Å². The van der Waals surface area contributed by atoms with Gasteiger partial charge in [0, 0.05) is 45.3 Å². The third-order valence-corrected chi connectivity index (χ3v) is 8.07. The smallest absolute Gasteiger partial charge is 0.414 e. The average molecular weight is 532 g/mol. The number of hydrogen-bond acceptors (Lipinski definition) is 7. The Morgan fingerprint density at radius 3 is 2.32 bits per heavy atom. The highest BCUT2D eigenvalue weighted by Crippen LogP contribution is 2.25. The molecule has 37 heavy (non-hydrogen) atoms. The number of carbonyl (C=O) groups is 3. The molecule has 4 amide bonds. The molecule has 4 fully saturated rings. The van der Waals surface area contributed by atoms with Crippen LogP contribution in [-0.2, 0) is 4.74 Å². The molecule has 5 rings (SSSR count). The van der Waals surface area contributed by atoms with Gasteiger partial charge in [0.1, 0.15) is 11.9 Å². The lowest BCUT2D eigenvalue weighted by Crippen LogP contribution is -2.55. The van der Waals surface area contributed by atoms with E-state index in [4.69, 9.17) is 4.74 Å². The lowest BCUT2D eigenvalue weighted by atomic mass is 10.00. The van der Waals surface area contributed by atoms with Crippen molar-refractivity contribution in [1.82, 2.24) is 25.0 Å². The molecule has 1 aromatic heterocycles. The van der Waals surface area contributed by atoms with Crippen molar-refractivity contribution in [3.63, 3.8) is 0 Å². The third kappa shape index (κ3) is 6.23. The summed E-state index contributed by atoms with van der Waals surface area (Å²) in [4.78, 5) is 51.2. The van der Waals surface area contributed by atoms with Crippen LogP contribution in [0, 0.1) is 0 Å². The van der Waals surface area contributed by atoms with Crippen LogP contribution < -0.4 is 15.1 Å². The van der Waals surface area contributed by atoms with Gasteiger partial charge in [-0.15, -0.1) is 0 Å². The van der Waals surface area contributed by atoms with Gasteiger partial charge in [0.05, 0.1) is 25.0 Å². The van der Waals surface area contributed by atoms with Crippen molar-refractivity contribution in [2.45, 2.75) is 44.2 Å². The van der Waals surface area contributed by atoms with Gasteiger partial charge >= 0.3 is 12.1 Å². The summed E-state index contributed by atoms with van der Waals surface area (Å²) in [6.07, 6.45) is 6.91. The molecule has 0 saturated carbocycles. The standard InChI is InChI=1S/C25H37N7O4S/c33-23(37)27-17-21-18-32(25(35)36-21)20-4-5-22(26-16-20)29-12-14-31(15-13-29)24(34)30-10-6-19(7-11-30)28-8-2-1-3-9-28/h4-5,16,19,21H,1-3,6-15,17-18H2,(H2,27,33,37)/t21-/m0/s1. The highest BCUT2D eigenvalue weighted by molar-refractivity contribution is 7.96. The fourth-order valence-corrected chi connectivity index (χ4v) is 5.89. The van der Waals surface area contributed by atoms with Crippen molar-refractivity contribution in [2.75, 3.05) is 75.2 Å². The van der Waals surface area contributed by atoms with Gasteiger partial charge in [-0.2, -0.15) is 0 Å². The quantitative estimate of drug-likeness (QED) is 0.562. The number of nitrogens with one attached hydrogen (secondary N) is 1. The number of amides is 4. The van der Waals surface area contributed by atoms with E-state index in [9.17, 15) is 14.4 Å². The van der Waals surface area contributed by atoms with E-state index >= 15 is 0 Å². The number of likely N-dealkylation sites (tertiary alicyclic amines) is 2. The van der Waals surface area contributed by atoms with E-state index in [1.807, 2.05) is 21.9 Å². The molecule has 1 aromatic rings. The topological polar surface area (TPSA) is 102 Å². The Kier molecular flexibility index (Phi) is 8.23. The predicted octanol–water partition coefficient (Wildman–Crippen LogP) is 2.24. The molecule has 5 heterocycles. The van der Waals surface area contributed by atoms with Gasteiger partial charge in [-0.1, -0.05) is 19.0 Å². The second-order valence-corrected chi connectivity index (χ2v) is 10.7. The highest BCUT2D eigenvalue weighted by atomic mass is 32.1. The van der Waals surface area contributed by atoms with Crippen molar-refractivity contribution in [2.24, 2.45) is 0 Å². The second-order valence-electron chi connectivity index (χ2n) is 10.2. The van der Waals surface area contributed by atoms with Gasteiger partial charge < -0.3 is 29.7 Å². The van der Waals surface area contributed by atoms with Crippen LogP contribution in [0.15, 0.2) is 18.3 Å². The molecule has 202 valence electrons. The summed E-state index contributed by atoms with van der Waals surface area (Å²) in [5.41, 5.74) is 0.648. The number of piperazine rings is 1. The summed E-state index contributed by atoms with van der Waals surface area (Å²) in [7, 11) is 0. The van der Waals surface area contributed by atoms with Crippen LogP contribution in [0.1, 0.15) is 32.1 Å². The molecule has 0 aliphatic carbocycles. The maximum atomic E-state index is 13.1. The van der Waals surface area contributed by atoms with E-state index in [0.717, 1.165) is 44.8 Å². The number of thiol groups is 1. The molecule has 0 bridgehead atoms. The molecule has 1 N–H and O–H groups in total. The first-order valence-electron chi connectivity index (χ1n) is 13.4. The van der Waals surface area contributed by atoms with Crippen LogP contribution in [0.2, 0.25) is 0 Å². The maximum Gasteiger partial charge on any atom is 0.414 e. The SMILES string of the molecule is O=C(S)NC[C@H]1CN(c2ccc(N3CCN(C(=O)N4CCC(N5CCCCC5)CC4)CC3)nc2)C(=O)O1. The van der Waals surface area contributed by atoms with Gasteiger partial charge in [-0.3, -0.25) is 9.69 Å². The van der Waals surface area contributed by atoms with Gasteiger partial charge in [0.15, 0.2) is 0 Å². The van der Waals surface area contributed by atoms with Gasteiger partial charge in [0.25, 0.3) is 5.24 Å². The number of rotatable bonds is 5. The third-order valence-electron chi connectivity index (χ3n) is 7.92. The Hall–Kier alpha value is -2.73. The summed E-state index contributed by atoms with van der Waals surface area (Å²) in [5.74, 6) is 0.824. The summed E-state index contributed by atoms with van der Waals surface area (Å²) >= 11 is 3.67. The zero-order valence-electron chi connectivity index (χ0n) is 21.3. The van der Waals surface area contributed by atoms with E-state index in [0.29, 0.717) is 31.4 Å². The molecule has 4 aliphatic heterocycles. The Balaban J connectivity index is 1.07. The number of carbonyl (C=O) groups excluding carboxylic acids is 3. The lowest BCUT2D eigenvalue weighted by Gasteiger charge is -2.43. The minimum atomic E-state index is -0.459. The zero-order chi connectivity index (χ0) is 25.8. The number of anilines is 2. The fourth-order valence-electron chi connectivity index (χ4n) is 5.80. The van der Waals surface area contributed by atoms with Gasteiger partial charge in [-0.05, 0) is 50.9 Å². The molecule has 4 aliphatic rings. The maximum absolute atomic E-state index is 13.1. The van der Waals surface area contributed by atoms with Crippen LogP contribution in [0.5, 0.6) is 0 Å². The molecule has 1 atom stereocenters. The van der Waals surface area contributed by atoms with Gasteiger partial charge in [0.2, 0.25) is 0 Å². The largest absolute Gasteiger partial charge is 0.442 e. The number of nitrogens with zero attached hydrogens (tertiary/aromatic N) is 6. The minimum Gasteiger partial charge on any atom is -0.442 e. The van der Waals surface area contributed by atoms with Crippen molar-refractivity contribution in [3.05, 3.63) is 18.3 Å². The number of pyridine rings is 1. The molecule has 0 aromatic carbocycles. The normalized spacial score (nSPS) is 23.8. The number of ether oxygens (including phenoxy) is 1. The minimum absolute atomic E-state index is 0.163. The lowest BCUT2D eigenvalue weighted by molar-refractivity contribution is 0.0884. The van der Waals surface area contributed by atoms with Crippen molar-refractivity contribution in [1.29, 1.82) is 0 Å². The van der Waals surface area contributed by atoms with E-state index < -0.39 is 17.4 Å². The summed E-state index contributed by atoms with van der Waals surface area (Å²) in [5, 5.41) is 2.09. The first-order chi connectivity index (χ1) is 18.0. The summed E-state index contributed by atoms with van der Waals surface area (Å²) < 4.78 is 5.30. The average Bonchev–Trinajstić information content (AvgIpc) is 3.32. The molecule has 0 spiro atoms. The Morgan fingerprint density at radius 1 is 0.973 bits per heavy atom. The van der Waals surface area contributed by atoms with E-state index in [2.05, 4.69) is 32.7 Å². The molecular weight excluding hydrogens is 494 g/mol. The molecule has 0 unspecified atom stereocenters. The summed E-state index contributed by atoms with van der Waals surface area (Å²) in [6.45, 7) is 7.48. The summed E-state index contributed by atoms with van der Waals surface area (Å²) in [6, 6.07) is 4.55. The Labute approximate surface area is 223 Å². The van der Waals surface area contributed by atoms with E-state index in [1.165, 1.54) is 37.3 Å². The number of piperidine rings is 2. The first-order valence-corrected chi connectivity index (χ1v) is 13.9. The molecular formula is C25H37N7O4S. The van der Waals surface area contributed by atoms with E-state index in [1.54, 1.807) is 6.20 Å². The zero-order valence-corrected chi connectivity index (χ0v) is 22.2. The molecule has 12 heteroatoms. The highest BCUT2D eigenvalue weighted by Gasteiger charge is 2.33. The van der Waals surface area contributed by atoms with Crippen molar-refractivity contribution < 1.29 is 19.1 Å².